The van der Waals surface area contributed by atoms with Gasteiger partial charge >= 0.3 is 0 Å². The lowest BCUT2D eigenvalue weighted by molar-refractivity contribution is 0.0951. The molecule has 0 aliphatic carbocycles. The summed E-state index contributed by atoms with van der Waals surface area (Å²) in [6, 6.07) is 17.4. The third-order valence-electron chi connectivity index (χ3n) is 4.16. The molecule has 0 radical (unpaired) electrons. The van der Waals surface area contributed by atoms with Crippen molar-refractivity contribution in [1.29, 1.82) is 0 Å². The summed E-state index contributed by atoms with van der Waals surface area (Å²) in [6.07, 6.45) is 1.43. The molecular formula is C19H21NO3S2. The Morgan fingerprint density at radius 2 is 1.80 bits per heavy atom. The van der Waals surface area contributed by atoms with Crippen LogP contribution >= 0.6 is 11.8 Å². The van der Waals surface area contributed by atoms with E-state index in [0.29, 0.717) is 18.5 Å². The number of nitrogens with one attached hydrogen (secondary N) is 1. The van der Waals surface area contributed by atoms with Gasteiger partial charge in [-0.15, -0.1) is 11.8 Å². The summed E-state index contributed by atoms with van der Waals surface area (Å²) in [7, 11) is -2.91. The van der Waals surface area contributed by atoms with Crippen LogP contribution in [0.3, 0.4) is 0 Å². The highest BCUT2D eigenvalue weighted by molar-refractivity contribution is 8.02. The lowest BCUT2D eigenvalue weighted by Crippen LogP contribution is -2.26. The number of rotatable bonds is 6. The van der Waals surface area contributed by atoms with Crippen molar-refractivity contribution in [1.82, 2.24) is 5.32 Å². The molecule has 1 aliphatic rings. The first-order chi connectivity index (χ1) is 12.0. The second-order valence-corrected chi connectivity index (χ2v) is 9.70. The van der Waals surface area contributed by atoms with E-state index in [1.54, 1.807) is 6.07 Å². The second kappa shape index (κ2) is 8.06. The molecule has 3 rings (SSSR count). The molecule has 0 spiro atoms. The van der Waals surface area contributed by atoms with Crippen molar-refractivity contribution in [3.63, 3.8) is 0 Å². The molecule has 1 unspecified atom stereocenters. The molecule has 4 nitrogen and oxygen atoms in total. The van der Waals surface area contributed by atoms with Gasteiger partial charge in [-0.1, -0.05) is 42.5 Å². The zero-order valence-corrected chi connectivity index (χ0v) is 15.5. The SMILES string of the molecule is O=C(NCCc1ccccc1)c1ccccc1SC1CCS(=O)(=O)C1. The third-order valence-corrected chi connectivity index (χ3v) is 7.48. The molecule has 6 heteroatoms. The molecule has 1 amide bonds. The summed E-state index contributed by atoms with van der Waals surface area (Å²) in [6.45, 7) is 0.569. The van der Waals surface area contributed by atoms with Crippen molar-refractivity contribution < 1.29 is 13.2 Å². The van der Waals surface area contributed by atoms with Crippen molar-refractivity contribution in [2.24, 2.45) is 0 Å². The fourth-order valence-electron chi connectivity index (χ4n) is 2.85. The van der Waals surface area contributed by atoms with Crippen molar-refractivity contribution in [3.8, 4) is 0 Å². The normalized spacial score (nSPS) is 18.8. The zero-order valence-electron chi connectivity index (χ0n) is 13.9. The largest absolute Gasteiger partial charge is 0.352 e. The highest BCUT2D eigenvalue weighted by Crippen LogP contribution is 2.33. The monoisotopic (exact) mass is 375 g/mol. The van der Waals surface area contributed by atoms with Gasteiger partial charge in [-0.25, -0.2) is 8.42 Å². The Kier molecular flexibility index (Phi) is 5.81. The van der Waals surface area contributed by atoms with Crippen LogP contribution in [-0.4, -0.2) is 37.6 Å². The first kappa shape index (κ1) is 18.0. The second-order valence-electron chi connectivity index (χ2n) is 6.13. The van der Waals surface area contributed by atoms with Gasteiger partial charge in [0, 0.05) is 16.7 Å². The van der Waals surface area contributed by atoms with Gasteiger partial charge in [0.15, 0.2) is 9.84 Å². The summed E-state index contributed by atoms with van der Waals surface area (Å²) in [5.41, 5.74) is 1.80. The predicted octanol–water partition coefficient (Wildman–Crippen LogP) is 2.94. The molecule has 25 heavy (non-hydrogen) atoms. The lowest BCUT2D eigenvalue weighted by atomic mass is 10.1. The van der Waals surface area contributed by atoms with Crippen LogP contribution in [0, 0.1) is 0 Å². The molecule has 1 aliphatic heterocycles. The fourth-order valence-corrected chi connectivity index (χ4v) is 6.48. The predicted molar refractivity (Wildman–Crippen MR) is 102 cm³/mol. The Hall–Kier alpha value is -1.79. The minimum Gasteiger partial charge on any atom is -0.352 e. The van der Waals surface area contributed by atoms with E-state index in [9.17, 15) is 13.2 Å². The van der Waals surface area contributed by atoms with E-state index in [1.807, 2.05) is 48.5 Å². The molecule has 1 heterocycles. The number of thioether (sulfide) groups is 1. The maximum atomic E-state index is 12.5. The maximum absolute atomic E-state index is 12.5. The van der Waals surface area contributed by atoms with Gasteiger partial charge in [-0.3, -0.25) is 4.79 Å². The quantitative estimate of drug-likeness (QED) is 0.843. The number of benzene rings is 2. The topological polar surface area (TPSA) is 63.2 Å². The number of amides is 1. The number of carbonyl (C=O) groups is 1. The first-order valence-corrected chi connectivity index (χ1v) is 11.0. The molecule has 2 aromatic carbocycles. The minimum atomic E-state index is -2.91. The molecular weight excluding hydrogens is 354 g/mol. The molecule has 1 fully saturated rings. The summed E-state index contributed by atoms with van der Waals surface area (Å²) in [5, 5.41) is 2.99. The van der Waals surface area contributed by atoms with Crippen molar-refractivity contribution in [2.75, 3.05) is 18.1 Å². The minimum absolute atomic E-state index is 0.0308. The Bertz CT molecular complexity index is 835. The average molecular weight is 376 g/mol. The van der Waals surface area contributed by atoms with Crippen LogP contribution in [0.5, 0.6) is 0 Å². The summed E-state index contributed by atoms with van der Waals surface area (Å²) < 4.78 is 23.3. The average Bonchev–Trinajstić information content (AvgIpc) is 2.95. The van der Waals surface area contributed by atoms with Crippen LogP contribution in [0.4, 0.5) is 0 Å². The smallest absolute Gasteiger partial charge is 0.252 e. The molecule has 0 bridgehead atoms. The van der Waals surface area contributed by atoms with Crippen LogP contribution in [-0.2, 0) is 16.3 Å². The van der Waals surface area contributed by atoms with Crippen LogP contribution in [0.1, 0.15) is 22.3 Å². The standard InChI is InChI=1S/C19H21NO3S2/c21-19(20-12-10-15-6-2-1-3-7-15)17-8-4-5-9-18(17)24-16-11-13-25(22,23)14-16/h1-9,16H,10-14H2,(H,20,21). The van der Waals surface area contributed by atoms with Crippen LogP contribution < -0.4 is 5.32 Å². The zero-order chi connectivity index (χ0) is 17.7. The Morgan fingerprint density at radius 1 is 1.08 bits per heavy atom. The van der Waals surface area contributed by atoms with Gasteiger partial charge in [-0.05, 0) is 30.5 Å². The number of hydrogen-bond donors (Lipinski definition) is 1. The van der Waals surface area contributed by atoms with Gasteiger partial charge in [0.2, 0.25) is 0 Å². The Labute approximate surface area is 152 Å². The van der Waals surface area contributed by atoms with Crippen molar-refractivity contribution in [3.05, 3.63) is 65.7 Å². The van der Waals surface area contributed by atoms with Gasteiger partial charge in [-0.2, -0.15) is 0 Å². The lowest BCUT2D eigenvalue weighted by Gasteiger charge is -2.12. The summed E-state index contributed by atoms with van der Waals surface area (Å²) in [5.74, 6) is 0.331. The Morgan fingerprint density at radius 3 is 2.52 bits per heavy atom. The highest BCUT2D eigenvalue weighted by Gasteiger charge is 2.29. The van der Waals surface area contributed by atoms with E-state index in [1.165, 1.54) is 17.3 Å². The van der Waals surface area contributed by atoms with E-state index in [2.05, 4.69) is 5.32 Å². The maximum Gasteiger partial charge on any atom is 0.252 e. The van der Waals surface area contributed by atoms with Crippen LogP contribution in [0.15, 0.2) is 59.5 Å². The summed E-state index contributed by atoms with van der Waals surface area (Å²) in [4.78, 5) is 13.4. The van der Waals surface area contributed by atoms with Gasteiger partial charge < -0.3 is 5.32 Å². The molecule has 2 aromatic rings. The van der Waals surface area contributed by atoms with Crippen molar-refractivity contribution >= 4 is 27.5 Å². The molecule has 1 N–H and O–H groups in total. The highest BCUT2D eigenvalue weighted by atomic mass is 32.2. The van der Waals surface area contributed by atoms with Gasteiger partial charge in [0.1, 0.15) is 0 Å². The molecule has 1 saturated heterocycles. The van der Waals surface area contributed by atoms with Crippen LogP contribution in [0.2, 0.25) is 0 Å². The van der Waals surface area contributed by atoms with Crippen LogP contribution in [0.25, 0.3) is 0 Å². The van der Waals surface area contributed by atoms with E-state index >= 15 is 0 Å². The third kappa shape index (κ3) is 5.09. The van der Waals surface area contributed by atoms with E-state index in [-0.39, 0.29) is 22.7 Å². The first-order valence-electron chi connectivity index (χ1n) is 8.32. The molecule has 0 saturated carbocycles. The van der Waals surface area contributed by atoms with E-state index < -0.39 is 9.84 Å². The fraction of sp³-hybridized carbons (Fsp3) is 0.316. The molecule has 1 atom stereocenters. The van der Waals surface area contributed by atoms with E-state index in [0.717, 1.165) is 11.3 Å². The van der Waals surface area contributed by atoms with Crippen molar-refractivity contribution in [2.45, 2.75) is 23.0 Å². The van der Waals surface area contributed by atoms with Gasteiger partial charge in [0.25, 0.3) is 5.91 Å². The Balaban J connectivity index is 1.61. The molecule has 132 valence electrons. The van der Waals surface area contributed by atoms with Gasteiger partial charge in [0.05, 0.1) is 17.1 Å². The van der Waals surface area contributed by atoms with E-state index in [4.69, 9.17) is 0 Å². The summed E-state index contributed by atoms with van der Waals surface area (Å²) >= 11 is 1.50. The molecule has 0 aromatic heterocycles. The number of carbonyl (C=O) groups excluding carboxylic acids is 1. The number of hydrogen-bond acceptors (Lipinski definition) is 4. The number of sulfone groups is 1.